The molecule has 0 spiro atoms. The zero-order chi connectivity index (χ0) is 9.38. The largest absolute Gasteiger partial charge is 0.384 e. The van der Waals surface area contributed by atoms with E-state index in [4.69, 9.17) is 0 Å². The maximum absolute atomic E-state index is 3.60. The Morgan fingerprint density at radius 2 is 2.14 bits per heavy atom. The molecule has 2 heteroatoms. The molecule has 14 heavy (non-hydrogen) atoms. The quantitative estimate of drug-likeness (QED) is 0.757. The minimum Gasteiger partial charge on any atom is -0.384 e. The summed E-state index contributed by atoms with van der Waals surface area (Å²) < 4.78 is 0. The van der Waals surface area contributed by atoms with Gasteiger partial charge in [-0.05, 0) is 24.5 Å². The molecule has 1 unspecified atom stereocenters. The molecule has 2 N–H and O–H groups in total. The fourth-order valence-electron chi connectivity index (χ4n) is 2.14. The van der Waals surface area contributed by atoms with Crippen molar-refractivity contribution in [3.8, 4) is 0 Å². The molecule has 1 fully saturated rings. The summed E-state index contributed by atoms with van der Waals surface area (Å²) in [5, 5.41) is 7.05. The Bertz CT molecular complexity index is 331. The molecule has 0 bridgehead atoms. The predicted molar refractivity (Wildman–Crippen MR) is 58.7 cm³/mol. The molecule has 1 saturated carbocycles. The van der Waals surface area contributed by atoms with E-state index < -0.39 is 0 Å². The fourth-order valence-corrected chi connectivity index (χ4v) is 2.14. The highest BCUT2D eigenvalue weighted by atomic mass is 15.0. The van der Waals surface area contributed by atoms with Crippen molar-refractivity contribution in [2.24, 2.45) is 0 Å². The highest BCUT2D eigenvalue weighted by molar-refractivity contribution is 5.57. The summed E-state index contributed by atoms with van der Waals surface area (Å²) in [5.74, 6) is 0.673. The normalized spacial score (nSPS) is 24.4. The Kier molecular flexibility index (Phi) is 1.95. The number of anilines is 1. The van der Waals surface area contributed by atoms with E-state index in [0.717, 1.165) is 19.1 Å². The van der Waals surface area contributed by atoms with Crippen molar-refractivity contribution in [2.45, 2.75) is 24.8 Å². The van der Waals surface area contributed by atoms with Crippen molar-refractivity contribution in [1.29, 1.82) is 0 Å². The molecule has 74 valence electrons. The predicted octanol–water partition coefficient (Wildman–Crippen LogP) is 1.95. The van der Waals surface area contributed by atoms with Gasteiger partial charge in [0.2, 0.25) is 0 Å². The monoisotopic (exact) mass is 188 g/mol. The third-order valence-corrected chi connectivity index (χ3v) is 3.17. The Labute approximate surface area is 84.7 Å². The lowest BCUT2D eigenvalue weighted by atomic mass is 10.0. The Balaban J connectivity index is 1.70. The first-order chi connectivity index (χ1) is 6.93. The first-order valence-corrected chi connectivity index (χ1v) is 5.49. The first kappa shape index (κ1) is 8.30. The second kappa shape index (κ2) is 3.28. The molecule has 2 aliphatic rings. The molecule has 0 saturated heterocycles. The SMILES string of the molecule is c1ccc2c(c1)NCC2CNC1CC1. The van der Waals surface area contributed by atoms with Gasteiger partial charge in [0, 0.05) is 30.7 Å². The van der Waals surface area contributed by atoms with Crippen LogP contribution in [-0.2, 0) is 0 Å². The average Bonchev–Trinajstić information content (AvgIpc) is 2.96. The van der Waals surface area contributed by atoms with E-state index in [1.54, 1.807) is 0 Å². The number of rotatable bonds is 3. The maximum atomic E-state index is 3.60. The average molecular weight is 188 g/mol. The number of nitrogens with one attached hydrogen (secondary N) is 2. The van der Waals surface area contributed by atoms with Crippen LogP contribution in [0, 0.1) is 0 Å². The van der Waals surface area contributed by atoms with Crippen LogP contribution in [-0.4, -0.2) is 19.1 Å². The Morgan fingerprint density at radius 3 is 3.00 bits per heavy atom. The van der Waals surface area contributed by atoms with Gasteiger partial charge in [0.25, 0.3) is 0 Å². The lowest BCUT2D eigenvalue weighted by molar-refractivity contribution is 0.610. The Morgan fingerprint density at radius 1 is 1.29 bits per heavy atom. The second-order valence-electron chi connectivity index (χ2n) is 4.35. The van der Waals surface area contributed by atoms with E-state index in [2.05, 4.69) is 34.9 Å². The van der Waals surface area contributed by atoms with E-state index in [0.29, 0.717) is 5.92 Å². The maximum Gasteiger partial charge on any atom is 0.0376 e. The van der Waals surface area contributed by atoms with Crippen LogP contribution in [0.5, 0.6) is 0 Å². The lowest BCUT2D eigenvalue weighted by Crippen LogP contribution is -2.24. The lowest BCUT2D eigenvalue weighted by Gasteiger charge is -2.10. The van der Waals surface area contributed by atoms with Crippen molar-refractivity contribution in [2.75, 3.05) is 18.4 Å². The second-order valence-corrected chi connectivity index (χ2v) is 4.35. The molecule has 3 rings (SSSR count). The van der Waals surface area contributed by atoms with Crippen molar-refractivity contribution < 1.29 is 0 Å². The van der Waals surface area contributed by atoms with Gasteiger partial charge in [0.15, 0.2) is 0 Å². The summed E-state index contributed by atoms with van der Waals surface area (Å²) >= 11 is 0. The molecule has 1 aliphatic carbocycles. The number of hydrogen-bond acceptors (Lipinski definition) is 2. The summed E-state index contributed by atoms with van der Waals surface area (Å²) in [6.45, 7) is 2.23. The number of para-hydroxylation sites is 1. The number of fused-ring (bicyclic) bond motifs is 1. The van der Waals surface area contributed by atoms with Crippen molar-refractivity contribution in [1.82, 2.24) is 5.32 Å². The molecular weight excluding hydrogens is 172 g/mol. The van der Waals surface area contributed by atoms with E-state index in [-0.39, 0.29) is 0 Å². The smallest absolute Gasteiger partial charge is 0.0376 e. The van der Waals surface area contributed by atoms with Gasteiger partial charge in [-0.3, -0.25) is 0 Å². The Hall–Kier alpha value is -1.02. The van der Waals surface area contributed by atoms with E-state index in [9.17, 15) is 0 Å². The third kappa shape index (κ3) is 1.50. The van der Waals surface area contributed by atoms with Gasteiger partial charge in [-0.2, -0.15) is 0 Å². The van der Waals surface area contributed by atoms with Crippen molar-refractivity contribution in [3.05, 3.63) is 29.8 Å². The van der Waals surface area contributed by atoms with Gasteiger partial charge in [-0.25, -0.2) is 0 Å². The van der Waals surface area contributed by atoms with Gasteiger partial charge >= 0.3 is 0 Å². The summed E-state index contributed by atoms with van der Waals surface area (Å²) in [6, 6.07) is 9.47. The molecule has 0 radical (unpaired) electrons. The van der Waals surface area contributed by atoms with Crippen LogP contribution in [0.15, 0.2) is 24.3 Å². The van der Waals surface area contributed by atoms with Gasteiger partial charge < -0.3 is 10.6 Å². The summed E-state index contributed by atoms with van der Waals surface area (Å²) in [4.78, 5) is 0. The summed E-state index contributed by atoms with van der Waals surface area (Å²) in [5.41, 5.74) is 2.82. The van der Waals surface area contributed by atoms with Crippen LogP contribution in [0.4, 0.5) is 5.69 Å². The van der Waals surface area contributed by atoms with Gasteiger partial charge in [0.1, 0.15) is 0 Å². The third-order valence-electron chi connectivity index (χ3n) is 3.17. The molecule has 1 aromatic carbocycles. The number of benzene rings is 1. The molecular formula is C12H16N2. The zero-order valence-corrected chi connectivity index (χ0v) is 8.29. The van der Waals surface area contributed by atoms with Crippen LogP contribution in [0.25, 0.3) is 0 Å². The first-order valence-electron chi connectivity index (χ1n) is 5.49. The molecule has 0 amide bonds. The van der Waals surface area contributed by atoms with Crippen LogP contribution >= 0.6 is 0 Å². The van der Waals surface area contributed by atoms with Gasteiger partial charge in [-0.15, -0.1) is 0 Å². The van der Waals surface area contributed by atoms with E-state index in [1.807, 2.05) is 0 Å². The molecule has 1 aromatic rings. The topological polar surface area (TPSA) is 24.1 Å². The molecule has 2 nitrogen and oxygen atoms in total. The molecule has 1 atom stereocenters. The molecule has 1 aliphatic heterocycles. The number of hydrogen-bond donors (Lipinski definition) is 2. The van der Waals surface area contributed by atoms with Gasteiger partial charge in [-0.1, -0.05) is 18.2 Å². The van der Waals surface area contributed by atoms with Crippen molar-refractivity contribution in [3.63, 3.8) is 0 Å². The highest BCUT2D eigenvalue weighted by Gasteiger charge is 2.25. The summed E-state index contributed by atoms with van der Waals surface area (Å²) in [7, 11) is 0. The van der Waals surface area contributed by atoms with Gasteiger partial charge in [0.05, 0.1) is 0 Å². The van der Waals surface area contributed by atoms with E-state index >= 15 is 0 Å². The van der Waals surface area contributed by atoms with Crippen LogP contribution in [0.1, 0.15) is 24.3 Å². The minimum atomic E-state index is 0.673. The van der Waals surface area contributed by atoms with E-state index in [1.165, 1.54) is 24.1 Å². The fraction of sp³-hybridized carbons (Fsp3) is 0.500. The van der Waals surface area contributed by atoms with Crippen molar-refractivity contribution >= 4 is 5.69 Å². The molecule has 0 aromatic heterocycles. The van der Waals surface area contributed by atoms with Crippen LogP contribution in [0.2, 0.25) is 0 Å². The molecule has 1 heterocycles. The van der Waals surface area contributed by atoms with Crippen LogP contribution in [0.3, 0.4) is 0 Å². The standard InChI is InChI=1S/C12H16N2/c1-2-4-12-11(3-1)9(8-14-12)7-13-10-5-6-10/h1-4,9-10,13-14H,5-8H2. The highest BCUT2D eigenvalue weighted by Crippen LogP contribution is 2.31. The van der Waals surface area contributed by atoms with Crippen LogP contribution < -0.4 is 10.6 Å². The minimum absolute atomic E-state index is 0.673. The zero-order valence-electron chi connectivity index (χ0n) is 8.29. The summed E-state index contributed by atoms with van der Waals surface area (Å²) in [6.07, 6.45) is 2.75.